The zero-order chi connectivity index (χ0) is 12.1. The van der Waals surface area contributed by atoms with Crippen molar-refractivity contribution in [1.29, 1.82) is 0 Å². The number of benzene rings is 1. The lowest BCUT2D eigenvalue weighted by molar-refractivity contribution is -0.137. The summed E-state index contributed by atoms with van der Waals surface area (Å²) in [5.74, 6) is -0.278. The molecule has 1 aromatic carbocycles. The Kier molecular flexibility index (Phi) is 4.29. The van der Waals surface area contributed by atoms with Crippen LogP contribution in [-0.2, 0) is 9.53 Å². The maximum atomic E-state index is 11.3. The van der Waals surface area contributed by atoms with Crippen LogP contribution in [0.3, 0.4) is 0 Å². The van der Waals surface area contributed by atoms with Gasteiger partial charge in [0.25, 0.3) is 0 Å². The summed E-state index contributed by atoms with van der Waals surface area (Å²) >= 11 is 0. The Morgan fingerprint density at radius 1 is 1.38 bits per heavy atom. The summed E-state index contributed by atoms with van der Waals surface area (Å²) in [6.07, 6.45) is 1.54. The van der Waals surface area contributed by atoms with Crippen LogP contribution in [0.2, 0.25) is 0 Å². The van der Waals surface area contributed by atoms with E-state index in [0.717, 1.165) is 11.1 Å². The molecule has 0 aliphatic carbocycles. The minimum absolute atomic E-state index is 0.278. The summed E-state index contributed by atoms with van der Waals surface area (Å²) in [6, 6.07) is 6.19. The highest BCUT2D eigenvalue weighted by molar-refractivity contribution is 5.91. The van der Waals surface area contributed by atoms with Crippen LogP contribution < -0.4 is 0 Å². The van der Waals surface area contributed by atoms with E-state index < -0.39 is 0 Å². The predicted molar refractivity (Wildman–Crippen MR) is 66.2 cm³/mol. The fraction of sp³-hybridized carbons (Fsp3) is 0.357. The topological polar surface area (TPSA) is 26.3 Å². The molecule has 0 aromatic heterocycles. The molecule has 0 saturated heterocycles. The van der Waals surface area contributed by atoms with Gasteiger partial charge >= 0.3 is 5.97 Å². The monoisotopic (exact) mass is 218 g/mol. The first-order chi connectivity index (χ1) is 7.54. The molecule has 0 aliphatic heterocycles. The number of hydrogen-bond donors (Lipinski definition) is 0. The van der Waals surface area contributed by atoms with Gasteiger partial charge in [0.1, 0.15) is 0 Å². The number of ether oxygens (including phenoxy) is 1. The fourth-order valence-electron chi connectivity index (χ4n) is 1.69. The van der Waals surface area contributed by atoms with Crippen molar-refractivity contribution >= 4 is 11.5 Å². The van der Waals surface area contributed by atoms with E-state index in [4.69, 9.17) is 4.74 Å². The second kappa shape index (κ2) is 5.50. The van der Waals surface area contributed by atoms with Crippen LogP contribution in [0.25, 0.3) is 5.57 Å². The van der Waals surface area contributed by atoms with E-state index in [1.807, 2.05) is 26.0 Å². The third-order valence-electron chi connectivity index (χ3n) is 2.43. The second-order valence-corrected chi connectivity index (χ2v) is 3.90. The largest absolute Gasteiger partial charge is 0.463 e. The first kappa shape index (κ1) is 12.5. The number of rotatable bonds is 3. The second-order valence-electron chi connectivity index (χ2n) is 3.90. The van der Waals surface area contributed by atoms with E-state index >= 15 is 0 Å². The number of aryl methyl sites for hydroxylation is 2. The summed E-state index contributed by atoms with van der Waals surface area (Å²) in [6.45, 7) is 8.24. The Bertz CT molecular complexity index is 417. The molecule has 0 aliphatic rings. The molecule has 0 fully saturated rings. The van der Waals surface area contributed by atoms with Crippen molar-refractivity contribution in [1.82, 2.24) is 0 Å². The molecule has 0 N–H and O–H groups in total. The first-order valence-corrected chi connectivity index (χ1v) is 5.47. The molecule has 2 heteroatoms. The number of hydrogen-bond acceptors (Lipinski definition) is 2. The molecule has 0 spiro atoms. The van der Waals surface area contributed by atoms with Gasteiger partial charge in [0, 0.05) is 6.08 Å². The Hall–Kier alpha value is -1.57. The zero-order valence-corrected chi connectivity index (χ0v) is 10.3. The maximum Gasteiger partial charge on any atom is 0.331 e. The van der Waals surface area contributed by atoms with Gasteiger partial charge in [0.2, 0.25) is 0 Å². The van der Waals surface area contributed by atoms with Gasteiger partial charge in [-0.1, -0.05) is 23.8 Å². The first-order valence-electron chi connectivity index (χ1n) is 5.47. The van der Waals surface area contributed by atoms with Crippen LogP contribution in [0.4, 0.5) is 0 Å². The number of carbonyl (C=O) groups is 1. The van der Waals surface area contributed by atoms with Crippen LogP contribution in [0, 0.1) is 13.8 Å². The van der Waals surface area contributed by atoms with Crippen LogP contribution >= 0.6 is 0 Å². The normalized spacial score (nSPS) is 11.4. The molecule has 0 saturated carbocycles. The fourth-order valence-corrected chi connectivity index (χ4v) is 1.69. The molecule has 1 aromatic rings. The molecule has 16 heavy (non-hydrogen) atoms. The lowest BCUT2D eigenvalue weighted by Crippen LogP contribution is -2.00. The third-order valence-corrected chi connectivity index (χ3v) is 2.43. The van der Waals surface area contributed by atoms with Crippen molar-refractivity contribution in [2.24, 2.45) is 0 Å². The number of carbonyl (C=O) groups excluding carboxylic acids is 1. The van der Waals surface area contributed by atoms with Crippen molar-refractivity contribution in [3.05, 3.63) is 41.0 Å². The van der Waals surface area contributed by atoms with Crippen molar-refractivity contribution < 1.29 is 9.53 Å². The van der Waals surface area contributed by atoms with Gasteiger partial charge in [-0.25, -0.2) is 4.79 Å². The minimum atomic E-state index is -0.278. The molecular formula is C14H18O2. The van der Waals surface area contributed by atoms with E-state index in [0.29, 0.717) is 6.61 Å². The number of esters is 1. The summed E-state index contributed by atoms with van der Waals surface area (Å²) < 4.78 is 4.88. The van der Waals surface area contributed by atoms with E-state index in [9.17, 15) is 4.79 Å². The highest BCUT2D eigenvalue weighted by atomic mass is 16.5. The smallest absolute Gasteiger partial charge is 0.331 e. The predicted octanol–water partition coefficient (Wildman–Crippen LogP) is 3.27. The molecule has 0 amide bonds. The lowest BCUT2D eigenvalue weighted by Gasteiger charge is -2.07. The Morgan fingerprint density at radius 2 is 2.06 bits per heavy atom. The third kappa shape index (κ3) is 3.23. The zero-order valence-electron chi connectivity index (χ0n) is 10.3. The van der Waals surface area contributed by atoms with Crippen LogP contribution in [0.5, 0.6) is 0 Å². The molecule has 86 valence electrons. The van der Waals surface area contributed by atoms with Gasteiger partial charge < -0.3 is 4.74 Å². The molecule has 1 rings (SSSR count). The van der Waals surface area contributed by atoms with Crippen molar-refractivity contribution in [2.75, 3.05) is 6.61 Å². The van der Waals surface area contributed by atoms with E-state index in [1.165, 1.54) is 11.1 Å². The van der Waals surface area contributed by atoms with E-state index in [1.54, 1.807) is 13.0 Å². The SMILES string of the molecule is CCOC(=O)/C=C(\C)c1ccc(C)cc1C. The Morgan fingerprint density at radius 3 is 2.62 bits per heavy atom. The average molecular weight is 218 g/mol. The Labute approximate surface area is 96.9 Å². The van der Waals surface area contributed by atoms with Gasteiger partial charge in [-0.2, -0.15) is 0 Å². The highest BCUT2D eigenvalue weighted by Gasteiger charge is 2.03. The molecule has 0 radical (unpaired) electrons. The standard InChI is InChI=1S/C14H18O2/c1-5-16-14(15)9-12(4)13-7-6-10(2)8-11(13)3/h6-9H,5H2,1-4H3/b12-9+. The lowest BCUT2D eigenvalue weighted by atomic mass is 9.99. The van der Waals surface area contributed by atoms with Crippen LogP contribution in [0.1, 0.15) is 30.5 Å². The maximum absolute atomic E-state index is 11.3. The van der Waals surface area contributed by atoms with Gasteiger partial charge in [0.15, 0.2) is 0 Å². The quantitative estimate of drug-likeness (QED) is 0.575. The van der Waals surface area contributed by atoms with Gasteiger partial charge in [-0.3, -0.25) is 0 Å². The Balaban J connectivity index is 2.96. The summed E-state index contributed by atoms with van der Waals surface area (Å²) in [5, 5.41) is 0. The van der Waals surface area contributed by atoms with E-state index in [2.05, 4.69) is 13.0 Å². The minimum Gasteiger partial charge on any atom is -0.463 e. The van der Waals surface area contributed by atoms with Crippen molar-refractivity contribution in [2.45, 2.75) is 27.7 Å². The molecule has 0 atom stereocenters. The van der Waals surface area contributed by atoms with E-state index in [-0.39, 0.29) is 5.97 Å². The highest BCUT2D eigenvalue weighted by Crippen LogP contribution is 2.19. The molecule has 0 bridgehead atoms. The molecule has 0 unspecified atom stereocenters. The van der Waals surface area contributed by atoms with Crippen molar-refractivity contribution in [3.8, 4) is 0 Å². The van der Waals surface area contributed by atoms with Crippen molar-refractivity contribution in [3.63, 3.8) is 0 Å². The van der Waals surface area contributed by atoms with Crippen LogP contribution in [0.15, 0.2) is 24.3 Å². The van der Waals surface area contributed by atoms with Gasteiger partial charge in [0.05, 0.1) is 6.61 Å². The van der Waals surface area contributed by atoms with Gasteiger partial charge in [-0.05, 0) is 44.4 Å². The average Bonchev–Trinajstić information content (AvgIpc) is 2.17. The molecular weight excluding hydrogens is 200 g/mol. The summed E-state index contributed by atoms with van der Waals surface area (Å²) in [4.78, 5) is 11.3. The van der Waals surface area contributed by atoms with Crippen LogP contribution in [-0.4, -0.2) is 12.6 Å². The summed E-state index contributed by atoms with van der Waals surface area (Å²) in [5.41, 5.74) is 4.44. The molecule has 0 heterocycles. The summed E-state index contributed by atoms with van der Waals surface area (Å²) in [7, 11) is 0. The van der Waals surface area contributed by atoms with Gasteiger partial charge in [-0.15, -0.1) is 0 Å². The number of allylic oxidation sites excluding steroid dienone is 1. The molecule has 2 nitrogen and oxygen atoms in total.